The second-order valence-electron chi connectivity index (χ2n) is 11.8. The van der Waals surface area contributed by atoms with Gasteiger partial charge in [0.25, 0.3) is 15.7 Å². The predicted octanol–water partition coefficient (Wildman–Crippen LogP) is 6.65. The van der Waals surface area contributed by atoms with E-state index in [1.165, 1.54) is 53.4 Å². The number of non-ortho nitro benzene ring substituents is 1. The van der Waals surface area contributed by atoms with Gasteiger partial charge in [0.15, 0.2) is 0 Å². The molecule has 0 heterocycles. The fourth-order valence-electron chi connectivity index (χ4n) is 4.85. The lowest BCUT2D eigenvalue weighted by Crippen LogP contribution is -2.56. The molecule has 4 aromatic carbocycles. The van der Waals surface area contributed by atoms with Crippen molar-refractivity contribution in [3.63, 3.8) is 0 Å². The third-order valence-corrected chi connectivity index (χ3v) is 9.44. The Labute approximate surface area is 284 Å². The van der Waals surface area contributed by atoms with Crippen molar-refractivity contribution < 1.29 is 22.9 Å². The van der Waals surface area contributed by atoms with Gasteiger partial charge in [-0.2, -0.15) is 0 Å². The van der Waals surface area contributed by atoms with Crippen LogP contribution in [0.2, 0.25) is 10.0 Å². The van der Waals surface area contributed by atoms with Crippen molar-refractivity contribution in [1.82, 2.24) is 10.2 Å². The first-order valence-corrected chi connectivity index (χ1v) is 16.8. The second kappa shape index (κ2) is 15.0. The summed E-state index contributed by atoms with van der Waals surface area (Å²) in [7, 11) is -4.43. The van der Waals surface area contributed by atoms with E-state index in [1.54, 1.807) is 18.2 Å². The first kappa shape index (κ1) is 35.4. The van der Waals surface area contributed by atoms with E-state index in [-0.39, 0.29) is 34.3 Å². The minimum absolute atomic E-state index is 0.0976. The number of nitro groups is 1. The van der Waals surface area contributed by atoms with Crippen LogP contribution in [0.5, 0.6) is 0 Å². The Bertz CT molecular complexity index is 1850. The highest BCUT2D eigenvalue weighted by Gasteiger charge is 2.36. The van der Waals surface area contributed by atoms with Gasteiger partial charge in [0.1, 0.15) is 12.6 Å². The molecule has 1 atom stereocenters. The van der Waals surface area contributed by atoms with Gasteiger partial charge in [0.2, 0.25) is 11.8 Å². The molecule has 0 aliphatic rings. The first-order chi connectivity index (χ1) is 22.2. The molecular weight excluding hydrogens is 663 g/mol. The molecule has 0 bridgehead atoms. The molecule has 0 saturated carbocycles. The Morgan fingerprint density at radius 3 is 2.13 bits per heavy atom. The number of amides is 2. The van der Waals surface area contributed by atoms with E-state index in [0.29, 0.717) is 10.6 Å². The Hall–Kier alpha value is -4.45. The van der Waals surface area contributed by atoms with Gasteiger partial charge in [-0.1, -0.05) is 83.9 Å². The molecule has 4 aromatic rings. The van der Waals surface area contributed by atoms with Crippen molar-refractivity contribution in [2.75, 3.05) is 10.8 Å². The van der Waals surface area contributed by atoms with Crippen LogP contribution in [0.25, 0.3) is 0 Å². The monoisotopic (exact) mass is 696 g/mol. The Morgan fingerprint density at radius 1 is 0.894 bits per heavy atom. The molecule has 246 valence electrons. The lowest BCUT2D eigenvalue weighted by atomic mass is 10.0. The molecule has 0 aromatic heterocycles. The number of hydrogen-bond acceptors (Lipinski definition) is 6. The number of nitro benzene ring substituents is 1. The number of benzene rings is 4. The minimum Gasteiger partial charge on any atom is -0.350 e. The maximum Gasteiger partial charge on any atom is 0.271 e. The molecule has 1 N–H and O–H groups in total. The summed E-state index contributed by atoms with van der Waals surface area (Å²) in [5.74, 6) is -1.21. The fourth-order valence-corrected chi connectivity index (χ4v) is 6.75. The zero-order chi connectivity index (χ0) is 34.4. The molecule has 0 fully saturated rings. The van der Waals surface area contributed by atoms with Gasteiger partial charge >= 0.3 is 0 Å². The van der Waals surface area contributed by atoms with E-state index < -0.39 is 44.9 Å². The van der Waals surface area contributed by atoms with Crippen LogP contribution in [0, 0.1) is 10.1 Å². The van der Waals surface area contributed by atoms with Gasteiger partial charge < -0.3 is 10.2 Å². The number of hydrogen-bond donors (Lipinski definition) is 1. The highest BCUT2D eigenvalue weighted by Crippen LogP contribution is 2.29. The summed E-state index contributed by atoms with van der Waals surface area (Å²) in [6, 6.07) is 25.2. The molecule has 0 aliphatic carbocycles. The average molecular weight is 698 g/mol. The minimum atomic E-state index is -4.43. The molecule has 10 nitrogen and oxygen atoms in total. The fraction of sp³-hybridized carbons (Fsp3) is 0.235. The highest BCUT2D eigenvalue weighted by molar-refractivity contribution is 7.92. The molecule has 0 aliphatic heterocycles. The summed E-state index contributed by atoms with van der Waals surface area (Å²) in [6.07, 6.45) is 0.0992. The summed E-state index contributed by atoms with van der Waals surface area (Å²) in [6.45, 7) is 4.48. The molecule has 4 rings (SSSR count). The predicted molar refractivity (Wildman–Crippen MR) is 183 cm³/mol. The molecule has 47 heavy (non-hydrogen) atoms. The first-order valence-electron chi connectivity index (χ1n) is 14.6. The number of carbonyl (C=O) groups excluding carboxylic acids is 2. The van der Waals surface area contributed by atoms with Crippen molar-refractivity contribution in [1.29, 1.82) is 0 Å². The number of carbonyl (C=O) groups is 2. The number of nitrogens with one attached hydrogen (secondary N) is 1. The number of rotatable bonds is 12. The normalized spacial score (nSPS) is 12.2. The zero-order valence-electron chi connectivity index (χ0n) is 26.0. The van der Waals surface area contributed by atoms with E-state index in [0.717, 1.165) is 15.9 Å². The number of sulfonamides is 1. The Morgan fingerprint density at radius 2 is 1.53 bits per heavy atom. The Balaban J connectivity index is 1.86. The van der Waals surface area contributed by atoms with E-state index >= 15 is 0 Å². The quantitative estimate of drug-likeness (QED) is 0.130. The van der Waals surface area contributed by atoms with Gasteiger partial charge in [-0.15, -0.1) is 0 Å². The molecule has 0 radical (unpaired) electrons. The van der Waals surface area contributed by atoms with Crippen LogP contribution in [-0.4, -0.2) is 48.2 Å². The van der Waals surface area contributed by atoms with Gasteiger partial charge in [-0.25, -0.2) is 8.42 Å². The molecule has 0 saturated heterocycles. The summed E-state index contributed by atoms with van der Waals surface area (Å²) in [4.78, 5) is 40.7. The van der Waals surface area contributed by atoms with Crippen molar-refractivity contribution in [3.05, 3.63) is 134 Å². The molecule has 0 unspecified atom stereocenters. The third-order valence-electron chi connectivity index (χ3n) is 7.06. The van der Waals surface area contributed by atoms with Crippen LogP contribution in [0.1, 0.15) is 31.9 Å². The van der Waals surface area contributed by atoms with E-state index in [2.05, 4.69) is 5.32 Å². The van der Waals surface area contributed by atoms with Crippen molar-refractivity contribution in [2.45, 2.75) is 50.2 Å². The smallest absolute Gasteiger partial charge is 0.271 e. The van der Waals surface area contributed by atoms with Crippen LogP contribution < -0.4 is 9.62 Å². The van der Waals surface area contributed by atoms with Gasteiger partial charge in [-0.05, 0) is 62.2 Å². The summed E-state index contributed by atoms with van der Waals surface area (Å²) >= 11 is 12.7. The zero-order valence-corrected chi connectivity index (χ0v) is 28.3. The van der Waals surface area contributed by atoms with E-state index in [4.69, 9.17) is 23.2 Å². The largest absolute Gasteiger partial charge is 0.350 e. The average Bonchev–Trinajstić information content (AvgIpc) is 3.02. The summed E-state index contributed by atoms with van der Waals surface area (Å²) < 4.78 is 29.0. The molecule has 0 spiro atoms. The van der Waals surface area contributed by atoms with Crippen LogP contribution in [0.4, 0.5) is 11.4 Å². The van der Waals surface area contributed by atoms with Gasteiger partial charge in [0, 0.05) is 40.7 Å². The van der Waals surface area contributed by atoms with Crippen molar-refractivity contribution >= 4 is 56.4 Å². The third kappa shape index (κ3) is 9.31. The van der Waals surface area contributed by atoms with Crippen LogP contribution >= 0.6 is 23.2 Å². The standard InChI is InChI=1S/C34H34Cl2N4O6S/c1-34(2,3)37-33(42)31(19-24-11-6-4-7-12-24)38(22-25-17-18-26(35)20-30(25)36)32(41)23-39(27-13-10-14-28(21-27)40(43)44)47(45,46)29-15-8-5-9-16-29/h4-18,20-21,31H,19,22-23H2,1-3H3,(H,37,42)/t31-/m1/s1. The lowest BCUT2D eigenvalue weighted by Gasteiger charge is -2.35. The van der Waals surface area contributed by atoms with Gasteiger partial charge in [-0.3, -0.25) is 24.0 Å². The van der Waals surface area contributed by atoms with Crippen molar-refractivity contribution in [3.8, 4) is 0 Å². The maximum atomic E-state index is 14.5. The summed E-state index contributed by atoms with van der Waals surface area (Å²) in [5, 5.41) is 15.2. The topological polar surface area (TPSA) is 130 Å². The van der Waals surface area contributed by atoms with E-state index in [1.807, 2.05) is 51.1 Å². The Kier molecular flexibility index (Phi) is 11.3. The molecule has 2 amide bonds. The number of anilines is 1. The number of nitrogens with zero attached hydrogens (tertiary/aromatic N) is 3. The van der Waals surface area contributed by atoms with Crippen LogP contribution in [0.3, 0.4) is 0 Å². The second-order valence-corrected chi connectivity index (χ2v) is 14.5. The van der Waals surface area contributed by atoms with Crippen LogP contribution in [0.15, 0.2) is 108 Å². The lowest BCUT2D eigenvalue weighted by molar-refractivity contribution is -0.384. The maximum absolute atomic E-state index is 14.5. The number of halogens is 2. The molecular formula is C34H34Cl2N4O6S. The summed E-state index contributed by atoms with van der Waals surface area (Å²) in [5.41, 5.74) is 0.108. The highest BCUT2D eigenvalue weighted by atomic mass is 35.5. The van der Waals surface area contributed by atoms with E-state index in [9.17, 15) is 28.1 Å². The van der Waals surface area contributed by atoms with Gasteiger partial charge in [0.05, 0.1) is 15.5 Å². The van der Waals surface area contributed by atoms with Crippen LogP contribution in [-0.2, 0) is 32.6 Å². The molecule has 13 heteroatoms. The SMILES string of the molecule is CC(C)(C)NC(=O)[C@@H](Cc1ccccc1)N(Cc1ccc(Cl)cc1Cl)C(=O)CN(c1cccc([N+](=O)[O-])c1)S(=O)(=O)c1ccccc1. The van der Waals surface area contributed by atoms with Crippen molar-refractivity contribution in [2.24, 2.45) is 0 Å².